The van der Waals surface area contributed by atoms with E-state index in [2.05, 4.69) is 56.4 Å². The van der Waals surface area contributed by atoms with Gasteiger partial charge in [0.25, 0.3) is 0 Å². The third-order valence-corrected chi connectivity index (χ3v) is 5.60. The van der Waals surface area contributed by atoms with E-state index in [1.54, 1.807) is 0 Å². The lowest BCUT2D eigenvalue weighted by Gasteiger charge is -2.08. The van der Waals surface area contributed by atoms with Gasteiger partial charge in [0, 0.05) is 35.5 Å². The van der Waals surface area contributed by atoms with Crippen molar-refractivity contribution in [3.63, 3.8) is 0 Å². The lowest BCUT2D eigenvalue weighted by Crippen LogP contribution is -2.25. The summed E-state index contributed by atoms with van der Waals surface area (Å²) >= 11 is 4.66. The van der Waals surface area contributed by atoms with E-state index in [0.717, 1.165) is 14.2 Å². The molecule has 218 valence electrons. The number of hydrogen-bond acceptors (Lipinski definition) is 16. The van der Waals surface area contributed by atoms with Crippen molar-refractivity contribution in [3.05, 3.63) is 36.2 Å². The molecular weight excluding hydrogens is 611 g/mol. The molecule has 0 saturated carbocycles. The van der Waals surface area contributed by atoms with Crippen molar-refractivity contribution in [1.29, 1.82) is 0 Å². The molecule has 0 bridgehead atoms. The van der Waals surface area contributed by atoms with Crippen LogP contribution < -0.4 is 10.5 Å². The summed E-state index contributed by atoms with van der Waals surface area (Å²) in [4.78, 5) is 57.5. The Morgan fingerprint density at radius 1 is 0.821 bits per heavy atom. The zero-order valence-electron chi connectivity index (χ0n) is 19.7. The van der Waals surface area contributed by atoms with E-state index >= 15 is 0 Å². The molecule has 2 aromatic rings. The Balaban J connectivity index is 0. The summed E-state index contributed by atoms with van der Waals surface area (Å²) in [5.74, 6) is -4.33. The summed E-state index contributed by atoms with van der Waals surface area (Å²) in [5.41, 5.74) is 5.07. The van der Waals surface area contributed by atoms with Crippen molar-refractivity contribution in [2.24, 2.45) is 0 Å². The topological polar surface area (TPSA) is 254 Å². The second kappa shape index (κ2) is 17.8. The molecule has 2 aromatic heterocycles. The number of ether oxygens (including phenoxy) is 3. The third kappa shape index (κ3) is 16.0. The van der Waals surface area contributed by atoms with Crippen LogP contribution in [0.1, 0.15) is 28.4 Å². The molecule has 0 fully saturated rings. The molecule has 17 nitrogen and oxygen atoms in total. The summed E-state index contributed by atoms with van der Waals surface area (Å²) in [7, 11) is 0.248. The number of rotatable bonds is 8. The molecule has 0 aliphatic rings. The van der Waals surface area contributed by atoms with Crippen molar-refractivity contribution in [2.45, 2.75) is 7.43 Å². The van der Waals surface area contributed by atoms with Crippen molar-refractivity contribution in [1.82, 2.24) is 19.9 Å². The molecule has 0 unspecified atom stereocenters. The number of nitrogens with two attached hydrogens (primary N) is 1. The summed E-state index contributed by atoms with van der Waals surface area (Å²) < 4.78 is 58.0. The normalized spacial score (nSPS) is 10.1. The number of esters is 3. The van der Waals surface area contributed by atoms with Gasteiger partial charge >= 0.3 is 17.9 Å². The van der Waals surface area contributed by atoms with E-state index in [0.29, 0.717) is 0 Å². The standard InChI is InChI=1S/C9H11N3O6S.C6H7N3O2.C2H2Cl2O3S.CH4/c1-17-6(13)5-19(15,16)12-8-7(9(14)18-2)10-3-4-11-8;1-11-6(10)4-5(7)9-3-2-8-4;3-2(5)1-8(4,6)7;/h3-4H,5H2,1-2H3,(H,11,12);2-3H,1H3,(H2,7,9);1H2;1H4. The van der Waals surface area contributed by atoms with E-state index in [1.807, 2.05) is 4.72 Å². The van der Waals surface area contributed by atoms with Crippen LogP contribution in [0.3, 0.4) is 0 Å². The number of methoxy groups -OCH3 is 3. The van der Waals surface area contributed by atoms with Crippen LogP contribution in [0.15, 0.2) is 24.8 Å². The fourth-order valence-electron chi connectivity index (χ4n) is 1.79. The molecule has 0 aliphatic heterocycles. The minimum absolute atomic E-state index is 0. The fourth-order valence-corrected chi connectivity index (χ4v) is 3.91. The fraction of sp³-hybridized carbons (Fsp3) is 0.333. The molecule has 0 aromatic carbocycles. The number of aromatic nitrogens is 4. The molecule has 3 N–H and O–H groups in total. The summed E-state index contributed by atoms with van der Waals surface area (Å²) in [5, 5.41) is -0.972. The lowest BCUT2D eigenvalue weighted by atomic mass is 10.4. The lowest BCUT2D eigenvalue weighted by molar-refractivity contribution is -0.137. The highest BCUT2D eigenvalue weighted by atomic mass is 35.7. The molecule has 0 aliphatic carbocycles. The van der Waals surface area contributed by atoms with E-state index in [9.17, 15) is 36.0 Å². The van der Waals surface area contributed by atoms with Crippen molar-refractivity contribution < 1.29 is 50.2 Å². The van der Waals surface area contributed by atoms with Crippen LogP contribution in [0, 0.1) is 0 Å². The highest BCUT2D eigenvalue weighted by Gasteiger charge is 2.22. The molecule has 0 saturated heterocycles. The van der Waals surface area contributed by atoms with Gasteiger partial charge in [0.2, 0.25) is 24.3 Å². The van der Waals surface area contributed by atoms with Crippen LogP contribution in [0.4, 0.5) is 11.6 Å². The number of carbonyl (C=O) groups is 4. The maximum Gasteiger partial charge on any atom is 0.360 e. The highest BCUT2D eigenvalue weighted by molar-refractivity contribution is 8.14. The van der Waals surface area contributed by atoms with Crippen LogP contribution in [0.25, 0.3) is 0 Å². The minimum Gasteiger partial charge on any atom is -0.468 e. The van der Waals surface area contributed by atoms with Gasteiger partial charge < -0.3 is 19.9 Å². The van der Waals surface area contributed by atoms with Gasteiger partial charge in [-0.3, -0.25) is 14.3 Å². The maximum absolute atomic E-state index is 11.6. The molecule has 0 amide bonds. The van der Waals surface area contributed by atoms with Gasteiger partial charge in [-0.05, 0) is 11.6 Å². The molecule has 2 rings (SSSR count). The SMILES string of the molecule is C.COC(=O)CS(=O)(=O)Nc1nccnc1C(=O)OC.COC(=O)c1nccnc1N.O=C(Cl)CS(=O)(=O)Cl. The predicted molar refractivity (Wildman–Crippen MR) is 138 cm³/mol. The monoisotopic (exact) mass is 634 g/mol. The second-order valence-corrected chi connectivity index (χ2v) is 10.9. The first-order valence-electron chi connectivity index (χ1n) is 9.28. The number of hydrogen-bond donors (Lipinski definition) is 2. The highest BCUT2D eigenvalue weighted by Crippen LogP contribution is 2.11. The molecule has 0 spiro atoms. The van der Waals surface area contributed by atoms with Crippen molar-refractivity contribution in [2.75, 3.05) is 43.3 Å². The number of carbonyl (C=O) groups excluding carboxylic acids is 4. The van der Waals surface area contributed by atoms with Crippen LogP contribution in [0.5, 0.6) is 0 Å². The van der Waals surface area contributed by atoms with Crippen molar-refractivity contribution >= 4 is 76.1 Å². The van der Waals surface area contributed by atoms with E-state index in [1.165, 1.54) is 31.9 Å². The average Bonchev–Trinajstić information content (AvgIpc) is 2.82. The molecule has 39 heavy (non-hydrogen) atoms. The number of sulfonamides is 1. The van der Waals surface area contributed by atoms with E-state index < -0.39 is 53.7 Å². The number of nitrogens with zero attached hydrogens (tertiary/aromatic N) is 4. The zero-order chi connectivity index (χ0) is 29.5. The number of anilines is 2. The number of halogens is 2. The molecular formula is C18H24Cl2N6O11S2. The van der Waals surface area contributed by atoms with Gasteiger partial charge in [-0.1, -0.05) is 7.43 Å². The first-order valence-corrected chi connectivity index (χ1v) is 13.8. The van der Waals surface area contributed by atoms with Gasteiger partial charge in [-0.2, -0.15) is 0 Å². The third-order valence-electron chi connectivity index (χ3n) is 3.26. The second-order valence-electron chi connectivity index (χ2n) is 6.00. The first kappa shape index (κ1) is 37.5. The minimum atomic E-state index is -4.05. The molecule has 2 heterocycles. The average molecular weight is 635 g/mol. The largest absolute Gasteiger partial charge is 0.468 e. The molecule has 0 radical (unpaired) electrons. The van der Waals surface area contributed by atoms with Gasteiger partial charge in [-0.25, -0.2) is 46.4 Å². The predicted octanol–water partition coefficient (Wildman–Crippen LogP) is -0.0202. The Kier molecular flexibility index (Phi) is 17.1. The Morgan fingerprint density at radius 3 is 1.69 bits per heavy atom. The summed E-state index contributed by atoms with van der Waals surface area (Å²) in [6.07, 6.45) is 5.16. The van der Waals surface area contributed by atoms with Gasteiger partial charge in [0.1, 0.15) is 5.75 Å². The van der Waals surface area contributed by atoms with Crippen LogP contribution >= 0.6 is 22.3 Å². The number of nitrogens with one attached hydrogen (secondary N) is 1. The molecule has 0 atom stereocenters. The Labute approximate surface area is 232 Å². The Morgan fingerprint density at radius 2 is 1.28 bits per heavy atom. The number of nitrogen functional groups attached to an aromatic ring is 1. The summed E-state index contributed by atoms with van der Waals surface area (Å²) in [6.45, 7) is 0. The van der Waals surface area contributed by atoms with E-state index in [-0.39, 0.29) is 30.5 Å². The van der Waals surface area contributed by atoms with E-state index in [4.69, 9.17) is 5.73 Å². The quantitative estimate of drug-likeness (QED) is 0.219. The smallest absolute Gasteiger partial charge is 0.360 e. The van der Waals surface area contributed by atoms with Crippen LogP contribution in [-0.2, 0) is 42.9 Å². The Hall–Kier alpha value is -3.68. The van der Waals surface area contributed by atoms with Crippen molar-refractivity contribution in [3.8, 4) is 0 Å². The summed E-state index contributed by atoms with van der Waals surface area (Å²) in [6, 6.07) is 0. The maximum atomic E-state index is 11.6. The first-order chi connectivity index (χ1) is 17.6. The molecule has 21 heteroatoms. The van der Waals surface area contributed by atoms with Gasteiger partial charge in [-0.15, -0.1) is 0 Å². The van der Waals surface area contributed by atoms with Gasteiger partial charge in [0.15, 0.2) is 28.8 Å². The zero-order valence-corrected chi connectivity index (χ0v) is 22.8. The van der Waals surface area contributed by atoms with Gasteiger partial charge in [0.05, 0.1) is 21.3 Å². The Bertz CT molecular complexity index is 1360. The van der Waals surface area contributed by atoms with Crippen LogP contribution in [0.2, 0.25) is 0 Å². The van der Waals surface area contributed by atoms with Crippen LogP contribution in [-0.4, -0.2) is 92.8 Å².